The molecule has 6 heteroatoms. The number of hydrogen-bond donors (Lipinski definition) is 2. The largest absolute Gasteiger partial charge is 0.357 e. The number of rotatable bonds is 5. The van der Waals surface area contributed by atoms with Crippen LogP contribution in [0.4, 0.5) is 0 Å². The smallest absolute Gasteiger partial charge is 0.191 e. The van der Waals surface area contributed by atoms with Gasteiger partial charge in [-0.1, -0.05) is 13.0 Å². The number of piperidine rings is 1. The third-order valence-corrected chi connectivity index (χ3v) is 5.13. The van der Waals surface area contributed by atoms with E-state index in [4.69, 9.17) is 0 Å². The highest BCUT2D eigenvalue weighted by molar-refractivity contribution is 14.0. The third-order valence-electron chi connectivity index (χ3n) is 4.16. The van der Waals surface area contributed by atoms with Gasteiger partial charge in [0.15, 0.2) is 5.96 Å². The number of guanidine groups is 1. The first kappa shape index (κ1) is 19.7. The summed E-state index contributed by atoms with van der Waals surface area (Å²) in [5.74, 6) is 1.76. The first-order valence-corrected chi connectivity index (χ1v) is 8.84. The summed E-state index contributed by atoms with van der Waals surface area (Å²) in [6, 6.07) is 4.86. The summed E-state index contributed by atoms with van der Waals surface area (Å²) >= 11 is 1.86. The molecule has 1 aliphatic rings. The van der Waals surface area contributed by atoms with E-state index in [0.29, 0.717) is 6.04 Å². The van der Waals surface area contributed by atoms with Gasteiger partial charge in [-0.25, -0.2) is 0 Å². The van der Waals surface area contributed by atoms with Gasteiger partial charge >= 0.3 is 0 Å². The quantitative estimate of drug-likeness (QED) is 0.423. The van der Waals surface area contributed by atoms with Crippen LogP contribution < -0.4 is 10.6 Å². The molecule has 1 saturated heterocycles. The Kier molecular flexibility index (Phi) is 9.35. The molecule has 1 fully saturated rings. The molecule has 0 amide bonds. The van der Waals surface area contributed by atoms with Gasteiger partial charge in [-0.3, -0.25) is 9.89 Å². The molecule has 2 rings (SSSR count). The number of likely N-dealkylation sites (tertiary alicyclic amines) is 1. The fraction of sp³-hybridized carbons (Fsp3) is 0.688. The highest BCUT2D eigenvalue weighted by Crippen LogP contribution is 2.28. The van der Waals surface area contributed by atoms with E-state index < -0.39 is 0 Å². The van der Waals surface area contributed by atoms with Crippen molar-refractivity contribution in [3.8, 4) is 0 Å². The number of halogens is 1. The van der Waals surface area contributed by atoms with Gasteiger partial charge in [-0.2, -0.15) is 0 Å². The van der Waals surface area contributed by atoms with E-state index in [0.717, 1.165) is 25.0 Å². The van der Waals surface area contributed by atoms with Crippen LogP contribution in [0.3, 0.4) is 0 Å². The molecule has 1 aliphatic heterocycles. The molecule has 0 bridgehead atoms. The molecule has 1 aromatic heterocycles. The molecule has 1 aromatic rings. The minimum absolute atomic E-state index is 0. The maximum Gasteiger partial charge on any atom is 0.191 e. The highest BCUT2D eigenvalue weighted by atomic mass is 127. The molecule has 0 saturated carbocycles. The number of nitrogens with zero attached hydrogens (tertiary/aromatic N) is 2. The lowest BCUT2D eigenvalue weighted by Crippen LogP contribution is -2.44. The lowest BCUT2D eigenvalue weighted by atomic mass is 9.97. The van der Waals surface area contributed by atoms with Crippen molar-refractivity contribution in [2.75, 3.05) is 33.2 Å². The molecule has 1 unspecified atom stereocenters. The molecule has 2 heterocycles. The Morgan fingerprint density at radius 2 is 2.14 bits per heavy atom. The number of nitrogens with one attached hydrogen (secondary N) is 2. The molecular formula is C16H29IN4S. The molecular weight excluding hydrogens is 407 g/mol. The van der Waals surface area contributed by atoms with Crippen LogP contribution in [0.5, 0.6) is 0 Å². The third kappa shape index (κ3) is 5.70. The Bertz CT molecular complexity index is 427. The second-order valence-corrected chi connectivity index (χ2v) is 6.71. The van der Waals surface area contributed by atoms with Crippen molar-refractivity contribution in [1.82, 2.24) is 15.5 Å². The topological polar surface area (TPSA) is 39.7 Å². The fourth-order valence-corrected chi connectivity index (χ4v) is 3.67. The van der Waals surface area contributed by atoms with Gasteiger partial charge in [0.25, 0.3) is 0 Å². The molecule has 0 aromatic carbocycles. The monoisotopic (exact) mass is 436 g/mol. The van der Waals surface area contributed by atoms with Crippen molar-refractivity contribution in [3.05, 3.63) is 22.4 Å². The van der Waals surface area contributed by atoms with Crippen molar-refractivity contribution in [2.45, 2.75) is 32.7 Å². The van der Waals surface area contributed by atoms with Crippen molar-refractivity contribution < 1.29 is 0 Å². The molecule has 126 valence electrons. The number of hydrogen-bond acceptors (Lipinski definition) is 3. The van der Waals surface area contributed by atoms with E-state index in [1.54, 1.807) is 0 Å². The molecule has 2 N–H and O–H groups in total. The Hall–Kier alpha value is -0.340. The normalized spacial score (nSPS) is 18.6. The number of aliphatic imine (C=N–C) groups is 1. The lowest BCUT2D eigenvalue weighted by Gasteiger charge is -2.36. The summed E-state index contributed by atoms with van der Waals surface area (Å²) in [6.45, 7) is 8.66. The summed E-state index contributed by atoms with van der Waals surface area (Å²) in [5, 5.41) is 8.91. The van der Waals surface area contributed by atoms with Crippen LogP contribution in [0.15, 0.2) is 22.5 Å². The predicted octanol–water partition coefficient (Wildman–Crippen LogP) is 3.32. The van der Waals surface area contributed by atoms with E-state index in [-0.39, 0.29) is 24.0 Å². The first-order chi connectivity index (χ1) is 10.2. The molecule has 4 nitrogen and oxygen atoms in total. The summed E-state index contributed by atoms with van der Waals surface area (Å²) in [5.41, 5.74) is 0. The van der Waals surface area contributed by atoms with Gasteiger partial charge in [-0.05, 0) is 50.2 Å². The Morgan fingerprint density at radius 3 is 2.68 bits per heavy atom. The van der Waals surface area contributed by atoms with Crippen LogP contribution >= 0.6 is 35.3 Å². The average molecular weight is 436 g/mol. The fourth-order valence-electron chi connectivity index (χ4n) is 2.81. The van der Waals surface area contributed by atoms with Crippen LogP contribution in [-0.2, 0) is 0 Å². The summed E-state index contributed by atoms with van der Waals surface area (Å²) < 4.78 is 0. The zero-order chi connectivity index (χ0) is 15.1. The van der Waals surface area contributed by atoms with Gasteiger partial charge in [0.1, 0.15) is 0 Å². The Labute approximate surface area is 155 Å². The minimum Gasteiger partial charge on any atom is -0.357 e. The molecule has 0 radical (unpaired) electrons. The minimum atomic E-state index is 0. The molecule has 0 aliphatic carbocycles. The van der Waals surface area contributed by atoms with Gasteiger partial charge in [0.2, 0.25) is 0 Å². The Morgan fingerprint density at radius 1 is 1.41 bits per heavy atom. The summed E-state index contributed by atoms with van der Waals surface area (Å²) in [7, 11) is 1.83. The maximum absolute atomic E-state index is 4.27. The van der Waals surface area contributed by atoms with Gasteiger partial charge in [0.05, 0.1) is 6.04 Å². The number of thiophene rings is 1. The van der Waals surface area contributed by atoms with Gasteiger partial charge < -0.3 is 10.6 Å². The van der Waals surface area contributed by atoms with E-state index in [9.17, 15) is 0 Å². The van der Waals surface area contributed by atoms with E-state index in [1.165, 1.54) is 30.8 Å². The SMILES string of the molecule is CCNC(=NC)NCC(c1cccs1)N1CCC(C)CC1.I. The van der Waals surface area contributed by atoms with Gasteiger partial charge in [-0.15, -0.1) is 35.3 Å². The maximum atomic E-state index is 4.27. The molecule has 0 spiro atoms. The van der Waals surface area contributed by atoms with E-state index in [1.807, 2.05) is 18.4 Å². The van der Waals surface area contributed by atoms with Crippen molar-refractivity contribution in [1.29, 1.82) is 0 Å². The van der Waals surface area contributed by atoms with Crippen LogP contribution in [0.1, 0.15) is 37.6 Å². The van der Waals surface area contributed by atoms with E-state index in [2.05, 4.69) is 51.9 Å². The zero-order valence-corrected chi connectivity index (χ0v) is 17.0. The second kappa shape index (κ2) is 10.4. The average Bonchev–Trinajstić information content (AvgIpc) is 3.02. The lowest BCUT2D eigenvalue weighted by molar-refractivity contribution is 0.140. The second-order valence-electron chi connectivity index (χ2n) is 5.73. The van der Waals surface area contributed by atoms with Crippen LogP contribution in [0.2, 0.25) is 0 Å². The standard InChI is InChI=1S/C16H28N4S.HI/c1-4-18-16(17-3)19-12-14(15-6-5-11-21-15)20-9-7-13(2)8-10-20;/h5-6,11,13-14H,4,7-10,12H2,1-3H3,(H2,17,18,19);1H. The zero-order valence-electron chi connectivity index (χ0n) is 13.8. The molecule has 22 heavy (non-hydrogen) atoms. The summed E-state index contributed by atoms with van der Waals surface area (Å²) in [4.78, 5) is 8.34. The van der Waals surface area contributed by atoms with Crippen molar-refractivity contribution in [3.63, 3.8) is 0 Å². The predicted molar refractivity (Wildman–Crippen MR) is 107 cm³/mol. The molecule has 1 atom stereocenters. The van der Waals surface area contributed by atoms with Crippen molar-refractivity contribution >= 4 is 41.3 Å². The van der Waals surface area contributed by atoms with Crippen molar-refractivity contribution in [2.24, 2.45) is 10.9 Å². The summed E-state index contributed by atoms with van der Waals surface area (Å²) in [6.07, 6.45) is 2.62. The highest BCUT2D eigenvalue weighted by Gasteiger charge is 2.25. The van der Waals surface area contributed by atoms with Gasteiger partial charge in [0, 0.05) is 25.0 Å². The van der Waals surface area contributed by atoms with Crippen LogP contribution in [-0.4, -0.2) is 44.1 Å². The Balaban J connectivity index is 0.00000242. The first-order valence-electron chi connectivity index (χ1n) is 7.96. The van der Waals surface area contributed by atoms with E-state index >= 15 is 0 Å². The van der Waals surface area contributed by atoms with Crippen LogP contribution in [0, 0.1) is 5.92 Å². The van der Waals surface area contributed by atoms with Crippen LogP contribution in [0.25, 0.3) is 0 Å².